The monoisotopic (exact) mass is 453 g/mol. The highest BCUT2D eigenvalue weighted by Gasteiger charge is 2.01. The van der Waals surface area contributed by atoms with Gasteiger partial charge in [0.15, 0.2) is 0 Å². The molecule has 0 aliphatic carbocycles. The molecular formula is C26H31NO6. The van der Waals surface area contributed by atoms with Crippen LogP contribution in [0.3, 0.4) is 0 Å². The molecule has 3 N–H and O–H groups in total. The van der Waals surface area contributed by atoms with E-state index < -0.39 is 24.5 Å². The van der Waals surface area contributed by atoms with Gasteiger partial charge in [-0.15, -0.1) is 0 Å². The number of allylic oxidation sites excluding steroid dienone is 16. The van der Waals surface area contributed by atoms with Crippen LogP contribution in [0.4, 0.5) is 0 Å². The summed E-state index contributed by atoms with van der Waals surface area (Å²) in [6, 6.07) is 0. The van der Waals surface area contributed by atoms with E-state index >= 15 is 0 Å². The Morgan fingerprint density at radius 3 is 1.55 bits per heavy atom. The van der Waals surface area contributed by atoms with Gasteiger partial charge in [0.05, 0.1) is 0 Å². The number of aliphatic carboxylic acids is 1. The van der Waals surface area contributed by atoms with E-state index in [0.29, 0.717) is 0 Å². The Bertz CT molecular complexity index is 953. The van der Waals surface area contributed by atoms with Crippen molar-refractivity contribution in [1.29, 1.82) is 0 Å². The normalized spacial score (nSPS) is 14.3. The van der Waals surface area contributed by atoms with Crippen molar-refractivity contribution < 1.29 is 29.4 Å². The number of hydroxylamine groups is 1. The molecule has 1 amide bonds. The molecule has 0 bridgehead atoms. The minimum Gasteiger partial charge on any atom is -0.478 e. The molecule has 176 valence electrons. The third-order valence-electron chi connectivity index (χ3n) is 3.65. The highest BCUT2D eigenvalue weighted by molar-refractivity contribution is 5.84. The number of aliphatic hydroxyl groups is 1. The molecule has 0 aromatic carbocycles. The number of hydrogen-bond donors (Lipinski definition) is 3. The van der Waals surface area contributed by atoms with Crippen LogP contribution in [0.1, 0.15) is 27.7 Å². The Balaban J connectivity index is 4.65. The van der Waals surface area contributed by atoms with Gasteiger partial charge in [-0.1, -0.05) is 95.2 Å². The molecule has 0 spiro atoms. The summed E-state index contributed by atoms with van der Waals surface area (Å²) in [7, 11) is 0. The van der Waals surface area contributed by atoms with E-state index in [1.54, 1.807) is 12.4 Å². The number of carbonyl (C=O) groups excluding carboxylic acids is 2. The van der Waals surface area contributed by atoms with Crippen molar-refractivity contribution in [1.82, 2.24) is 5.48 Å². The maximum absolute atomic E-state index is 11.4. The molecule has 0 rings (SSSR count). The lowest BCUT2D eigenvalue weighted by Gasteiger charge is -2.00. The number of carbonyl (C=O) groups is 3. The quantitative estimate of drug-likeness (QED) is 0.245. The zero-order valence-corrected chi connectivity index (χ0v) is 19.3. The Morgan fingerprint density at radius 1 is 0.667 bits per heavy atom. The first kappa shape index (κ1) is 29.0. The van der Waals surface area contributed by atoms with Gasteiger partial charge in [-0.25, -0.2) is 9.59 Å². The SMILES string of the molecule is CC(=C/C=C/C(C)=C/C=C/C=C(C)/C=C/C=C(C)/C=C/C(=O)ONC(=O)CO)/C=C/C(=O)O. The number of carboxylic acids is 1. The second kappa shape index (κ2) is 17.7. The predicted molar refractivity (Wildman–Crippen MR) is 130 cm³/mol. The highest BCUT2D eigenvalue weighted by atomic mass is 16.7. The van der Waals surface area contributed by atoms with E-state index in [1.165, 1.54) is 12.2 Å². The number of hydrogen-bond acceptors (Lipinski definition) is 5. The molecule has 0 aliphatic rings. The van der Waals surface area contributed by atoms with Crippen molar-refractivity contribution in [3.05, 3.63) is 107 Å². The fourth-order valence-corrected chi connectivity index (χ4v) is 1.92. The molecule has 0 heterocycles. The fourth-order valence-electron chi connectivity index (χ4n) is 1.92. The molecule has 0 unspecified atom stereocenters. The van der Waals surface area contributed by atoms with Gasteiger partial charge in [-0.3, -0.25) is 4.79 Å². The number of nitrogens with one attached hydrogen (secondary N) is 1. The zero-order chi connectivity index (χ0) is 25.1. The summed E-state index contributed by atoms with van der Waals surface area (Å²) in [5.41, 5.74) is 5.50. The molecular weight excluding hydrogens is 422 g/mol. The molecule has 7 heteroatoms. The average Bonchev–Trinajstić information content (AvgIpc) is 2.77. The van der Waals surface area contributed by atoms with Crippen LogP contribution in [0.25, 0.3) is 0 Å². The highest BCUT2D eigenvalue weighted by Crippen LogP contribution is 2.02. The van der Waals surface area contributed by atoms with Crippen molar-refractivity contribution in [3.8, 4) is 0 Å². The van der Waals surface area contributed by atoms with E-state index in [0.717, 1.165) is 34.4 Å². The van der Waals surface area contributed by atoms with Gasteiger partial charge in [0.25, 0.3) is 5.91 Å². The van der Waals surface area contributed by atoms with Gasteiger partial charge in [0.1, 0.15) is 6.61 Å². The molecule has 0 radical (unpaired) electrons. The van der Waals surface area contributed by atoms with Crippen LogP contribution in [-0.4, -0.2) is 34.7 Å². The molecule has 33 heavy (non-hydrogen) atoms. The summed E-state index contributed by atoms with van der Waals surface area (Å²) in [6.45, 7) is 6.79. The van der Waals surface area contributed by atoms with Crippen LogP contribution in [-0.2, 0) is 19.2 Å². The van der Waals surface area contributed by atoms with Crippen LogP contribution in [0, 0.1) is 0 Å². The van der Waals surface area contributed by atoms with Crippen molar-refractivity contribution in [2.24, 2.45) is 0 Å². The van der Waals surface area contributed by atoms with E-state index in [9.17, 15) is 14.4 Å². The Labute approximate surface area is 194 Å². The molecule has 0 aromatic rings. The first-order valence-electron chi connectivity index (χ1n) is 10.1. The average molecular weight is 454 g/mol. The van der Waals surface area contributed by atoms with Crippen LogP contribution in [0.5, 0.6) is 0 Å². The van der Waals surface area contributed by atoms with Crippen molar-refractivity contribution in [3.63, 3.8) is 0 Å². The van der Waals surface area contributed by atoms with Gasteiger partial charge < -0.3 is 15.1 Å². The van der Waals surface area contributed by atoms with Crippen LogP contribution in [0.2, 0.25) is 0 Å². The number of aliphatic hydroxyl groups excluding tert-OH is 1. The lowest BCUT2D eigenvalue weighted by atomic mass is 10.2. The summed E-state index contributed by atoms with van der Waals surface area (Å²) in [4.78, 5) is 37.0. The Hall–Kier alpha value is -3.97. The standard InChI is InChI=1S/C26H31NO6/c1-20(11-7-13-22(3)15-17-25(30)31)9-5-6-10-21(2)12-8-14-23(4)16-18-26(32)33-27-24(29)19-28/h5-18,28H,19H2,1-4H3,(H,27,29)(H,30,31)/b6-5+,11-7+,12-8+,17-15+,18-16+,20-9+,21-10+,22-13-,23-14+. The molecule has 0 saturated carbocycles. The van der Waals surface area contributed by atoms with Gasteiger partial charge in [-0.2, -0.15) is 5.48 Å². The maximum Gasteiger partial charge on any atom is 0.355 e. The molecule has 0 aromatic heterocycles. The number of carboxylic acid groups (broad SMARTS) is 1. The van der Waals surface area contributed by atoms with Gasteiger partial charge in [0.2, 0.25) is 0 Å². The first-order chi connectivity index (χ1) is 15.6. The molecule has 0 fully saturated rings. The van der Waals surface area contributed by atoms with Gasteiger partial charge in [-0.05, 0) is 27.7 Å². The zero-order valence-electron chi connectivity index (χ0n) is 19.3. The van der Waals surface area contributed by atoms with E-state index in [2.05, 4.69) is 4.84 Å². The summed E-state index contributed by atoms with van der Waals surface area (Å²) in [6.07, 6.45) is 24.3. The van der Waals surface area contributed by atoms with E-state index in [1.807, 2.05) is 81.5 Å². The Kier molecular flexibility index (Phi) is 15.6. The summed E-state index contributed by atoms with van der Waals surface area (Å²) in [5.74, 6) is -2.53. The van der Waals surface area contributed by atoms with Crippen molar-refractivity contribution in [2.45, 2.75) is 27.7 Å². The summed E-state index contributed by atoms with van der Waals surface area (Å²) >= 11 is 0. The van der Waals surface area contributed by atoms with Crippen molar-refractivity contribution in [2.75, 3.05) is 6.61 Å². The van der Waals surface area contributed by atoms with E-state index in [-0.39, 0.29) is 0 Å². The van der Waals surface area contributed by atoms with Crippen LogP contribution in [0.15, 0.2) is 107 Å². The van der Waals surface area contributed by atoms with Gasteiger partial charge >= 0.3 is 11.9 Å². The second-order valence-electron chi connectivity index (χ2n) is 6.86. The van der Waals surface area contributed by atoms with E-state index in [4.69, 9.17) is 10.2 Å². The number of amides is 1. The molecule has 7 nitrogen and oxygen atoms in total. The number of rotatable bonds is 11. The molecule has 0 aliphatic heterocycles. The third-order valence-corrected chi connectivity index (χ3v) is 3.65. The minimum absolute atomic E-state index is 0.755. The lowest BCUT2D eigenvalue weighted by Crippen LogP contribution is -2.28. The first-order valence-corrected chi connectivity index (χ1v) is 10.1. The second-order valence-corrected chi connectivity index (χ2v) is 6.86. The van der Waals surface area contributed by atoms with Crippen LogP contribution >= 0.6 is 0 Å². The minimum atomic E-state index is -0.973. The van der Waals surface area contributed by atoms with Crippen LogP contribution < -0.4 is 5.48 Å². The third kappa shape index (κ3) is 18.5. The maximum atomic E-state index is 11.4. The summed E-state index contributed by atoms with van der Waals surface area (Å²) in [5, 5.41) is 17.1. The summed E-state index contributed by atoms with van der Waals surface area (Å²) < 4.78 is 0. The largest absolute Gasteiger partial charge is 0.478 e. The Morgan fingerprint density at radius 2 is 1.09 bits per heavy atom. The predicted octanol–water partition coefficient (Wildman–Crippen LogP) is 4.20. The lowest BCUT2D eigenvalue weighted by molar-refractivity contribution is -0.154. The van der Waals surface area contributed by atoms with Crippen molar-refractivity contribution >= 4 is 17.8 Å². The smallest absolute Gasteiger partial charge is 0.355 e. The fraction of sp³-hybridized carbons (Fsp3) is 0.192. The molecule has 0 saturated heterocycles. The topological polar surface area (TPSA) is 113 Å². The van der Waals surface area contributed by atoms with Gasteiger partial charge in [0, 0.05) is 12.2 Å². The molecule has 0 atom stereocenters.